The minimum absolute atomic E-state index is 0.0312. The van der Waals surface area contributed by atoms with Gasteiger partial charge in [0, 0.05) is 49.8 Å². The van der Waals surface area contributed by atoms with Gasteiger partial charge < -0.3 is 15.7 Å². The summed E-state index contributed by atoms with van der Waals surface area (Å²) in [5.41, 5.74) is 6.16. The SMILES string of the molecule is Nc1ncccc1CN1CCC[C@]2(C(=O)O)CN(c3cnccn3)CC[C@@H]12. The zero-order valence-electron chi connectivity index (χ0n) is 15.2. The molecule has 27 heavy (non-hydrogen) atoms. The largest absolute Gasteiger partial charge is 0.481 e. The number of anilines is 2. The number of piperidine rings is 2. The Balaban J connectivity index is 1.61. The summed E-state index contributed by atoms with van der Waals surface area (Å²) < 4.78 is 0. The first kappa shape index (κ1) is 17.7. The third-order valence-corrected chi connectivity index (χ3v) is 5.89. The molecule has 0 spiro atoms. The van der Waals surface area contributed by atoms with Crippen LogP contribution in [-0.4, -0.2) is 56.6 Å². The molecule has 0 bridgehead atoms. The van der Waals surface area contributed by atoms with Crippen LogP contribution in [0.25, 0.3) is 0 Å². The van der Waals surface area contributed by atoms with E-state index in [-0.39, 0.29) is 6.04 Å². The predicted molar refractivity (Wildman–Crippen MR) is 101 cm³/mol. The fourth-order valence-corrected chi connectivity index (χ4v) is 4.57. The molecule has 3 N–H and O–H groups in total. The summed E-state index contributed by atoms with van der Waals surface area (Å²) in [6.07, 6.45) is 8.93. The molecule has 0 unspecified atom stereocenters. The van der Waals surface area contributed by atoms with E-state index in [1.165, 1.54) is 0 Å². The van der Waals surface area contributed by atoms with Crippen LogP contribution in [0.1, 0.15) is 24.8 Å². The molecule has 4 heterocycles. The molecule has 2 aromatic rings. The number of aliphatic carboxylic acids is 1. The number of carboxylic acids is 1. The van der Waals surface area contributed by atoms with Crippen LogP contribution in [-0.2, 0) is 11.3 Å². The monoisotopic (exact) mass is 368 g/mol. The van der Waals surface area contributed by atoms with Crippen molar-refractivity contribution in [1.82, 2.24) is 19.9 Å². The van der Waals surface area contributed by atoms with Crippen molar-refractivity contribution in [3.8, 4) is 0 Å². The molecule has 0 aliphatic carbocycles. The maximum Gasteiger partial charge on any atom is 0.313 e. The molecule has 4 rings (SSSR count). The quantitative estimate of drug-likeness (QED) is 0.834. The van der Waals surface area contributed by atoms with Crippen molar-refractivity contribution in [2.75, 3.05) is 30.3 Å². The highest BCUT2D eigenvalue weighted by Crippen LogP contribution is 2.43. The highest BCUT2D eigenvalue weighted by Gasteiger charge is 2.53. The molecule has 2 fully saturated rings. The number of fused-ring (bicyclic) bond motifs is 1. The van der Waals surface area contributed by atoms with E-state index in [1.807, 2.05) is 12.1 Å². The van der Waals surface area contributed by atoms with Gasteiger partial charge >= 0.3 is 5.97 Å². The fraction of sp³-hybridized carbons (Fsp3) is 0.474. The van der Waals surface area contributed by atoms with E-state index in [1.54, 1.807) is 24.8 Å². The Morgan fingerprint density at radius 3 is 2.93 bits per heavy atom. The van der Waals surface area contributed by atoms with Crippen LogP contribution in [0.5, 0.6) is 0 Å². The minimum atomic E-state index is -0.814. The first-order chi connectivity index (χ1) is 13.1. The predicted octanol–water partition coefficient (Wildman–Crippen LogP) is 1.40. The van der Waals surface area contributed by atoms with Crippen LogP contribution in [0.4, 0.5) is 11.6 Å². The normalized spacial score (nSPS) is 25.8. The van der Waals surface area contributed by atoms with Crippen LogP contribution in [0.3, 0.4) is 0 Å². The second-order valence-electron chi connectivity index (χ2n) is 7.37. The maximum absolute atomic E-state index is 12.4. The van der Waals surface area contributed by atoms with E-state index >= 15 is 0 Å². The van der Waals surface area contributed by atoms with Crippen molar-refractivity contribution in [3.05, 3.63) is 42.5 Å². The Morgan fingerprint density at radius 1 is 1.30 bits per heavy atom. The van der Waals surface area contributed by atoms with Gasteiger partial charge in [0.1, 0.15) is 17.1 Å². The standard InChI is InChI=1S/C19H24N6O2/c20-17-14(3-1-6-23-17)12-24-9-2-5-19(18(26)27)13-25(10-4-15(19)24)16-11-21-7-8-22-16/h1,3,6-8,11,15H,2,4-5,9-10,12-13H2,(H2,20,23)(H,26,27)/t15-,19+/m1/s1. The van der Waals surface area contributed by atoms with Gasteiger partial charge in [-0.1, -0.05) is 6.07 Å². The lowest BCUT2D eigenvalue weighted by Gasteiger charge is -2.53. The third-order valence-electron chi connectivity index (χ3n) is 5.89. The number of carbonyl (C=O) groups is 1. The van der Waals surface area contributed by atoms with Crippen molar-refractivity contribution >= 4 is 17.6 Å². The molecule has 8 nitrogen and oxygen atoms in total. The number of aromatic nitrogens is 3. The van der Waals surface area contributed by atoms with Gasteiger partial charge in [0.2, 0.25) is 0 Å². The zero-order valence-corrected chi connectivity index (χ0v) is 15.2. The highest BCUT2D eigenvalue weighted by molar-refractivity contribution is 5.77. The second kappa shape index (κ2) is 7.11. The summed E-state index contributed by atoms with van der Waals surface area (Å²) in [7, 11) is 0. The zero-order chi connectivity index (χ0) is 18.9. The molecule has 0 aromatic carbocycles. The Kier molecular flexibility index (Phi) is 4.65. The van der Waals surface area contributed by atoms with Crippen LogP contribution >= 0.6 is 0 Å². The van der Waals surface area contributed by atoms with E-state index < -0.39 is 11.4 Å². The van der Waals surface area contributed by atoms with Crippen molar-refractivity contribution in [2.24, 2.45) is 5.41 Å². The summed E-state index contributed by atoms with van der Waals surface area (Å²) in [6.45, 7) is 2.71. The Morgan fingerprint density at radius 2 is 2.19 bits per heavy atom. The Hall–Kier alpha value is -2.74. The molecule has 0 saturated carbocycles. The third kappa shape index (κ3) is 3.21. The van der Waals surface area contributed by atoms with Gasteiger partial charge in [0.25, 0.3) is 0 Å². The van der Waals surface area contributed by atoms with E-state index in [0.29, 0.717) is 25.3 Å². The smallest absolute Gasteiger partial charge is 0.313 e. The lowest BCUT2D eigenvalue weighted by atomic mass is 9.69. The van der Waals surface area contributed by atoms with E-state index in [9.17, 15) is 9.90 Å². The van der Waals surface area contributed by atoms with Crippen molar-refractivity contribution < 1.29 is 9.90 Å². The van der Waals surface area contributed by atoms with Crippen LogP contribution in [0, 0.1) is 5.41 Å². The van der Waals surface area contributed by atoms with Crippen LogP contribution in [0.2, 0.25) is 0 Å². The molecule has 2 aliphatic heterocycles. The Bertz CT molecular complexity index is 817. The summed E-state index contributed by atoms with van der Waals surface area (Å²) in [6, 6.07) is 3.81. The first-order valence-electron chi connectivity index (χ1n) is 9.28. The summed E-state index contributed by atoms with van der Waals surface area (Å²) >= 11 is 0. The van der Waals surface area contributed by atoms with Crippen molar-refractivity contribution in [3.63, 3.8) is 0 Å². The molecule has 0 amide bonds. The van der Waals surface area contributed by atoms with E-state index in [4.69, 9.17) is 5.73 Å². The number of pyridine rings is 1. The lowest BCUT2D eigenvalue weighted by Crippen LogP contribution is -2.64. The first-order valence-corrected chi connectivity index (χ1v) is 9.28. The average molecular weight is 368 g/mol. The van der Waals surface area contributed by atoms with Crippen molar-refractivity contribution in [1.29, 1.82) is 0 Å². The Labute approximate surface area is 158 Å². The number of nitrogens with two attached hydrogens (primary N) is 1. The minimum Gasteiger partial charge on any atom is -0.481 e. The van der Waals surface area contributed by atoms with Gasteiger partial charge in [-0.2, -0.15) is 0 Å². The van der Waals surface area contributed by atoms with Gasteiger partial charge in [-0.15, -0.1) is 0 Å². The molecule has 2 aliphatic rings. The maximum atomic E-state index is 12.4. The molecule has 2 aromatic heterocycles. The molecule has 0 radical (unpaired) electrons. The number of hydrogen-bond donors (Lipinski definition) is 2. The van der Waals surface area contributed by atoms with Gasteiger partial charge in [-0.3, -0.25) is 14.7 Å². The average Bonchev–Trinajstić information content (AvgIpc) is 2.70. The lowest BCUT2D eigenvalue weighted by molar-refractivity contribution is -0.158. The second-order valence-corrected chi connectivity index (χ2v) is 7.37. The van der Waals surface area contributed by atoms with E-state index in [0.717, 1.165) is 37.3 Å². The van der Waals surface area contributed by atoms with Crippen LogP contribution < -0.4 is 10.6 Å². The molecular formula is C19H24N6O2. The molecule has 2 saturated heterocycles. The van der Waals surface area contributed by atoms with Crippen molar-refractivity contribution in [2.45, 2.75) is 31.8 Å². The van der Waals surface area contributed by atoms with E-state index in [2.05, 4.69) is 24.8 Å². The highest BCUT2D eigenvalue weighted by atomic mass is 16.4. The summed E-state index contributed by atoms with van der Waals surface area (Å²) in [5, 5.41) is 10.2. The number of likely N-dealkylation sites (tertiary alicyclic amines) is 1. The topological polar surface area (TPSA) is 108 Å². The fourth-order valence-electron chi connectivity index (χ4n) is 4.57. The molecular weight excluding hydrogens is 344 g/mol. The number of rotatable bonds is 4. The molecule has 8 heteroatoms. The van der Waals surface area contributed by atoms with Gasteiger partial charge in [-0.25, -0.2) is 9.97 Å². The number of carboxylic acid groups (broad SMARTS) is 1. The molecule has 142 valence electrons. The van der Waals surface area contributed by atoms with Gasteiger partial charge in [0.15, 0.2) is 0 Å². The van der Waals surface area contributed by atoms with Gasteiger partial charge in [0.05, 0.1) is 6.20 Å². The number of hydrogen-bond acceptors (Lipinski definition) is 7. The van der Waals surface area contributed by atoms with Gasteiger partial charge in [-0.05, 0) is 31.9 Å². The molecule has 2 atom stereocenters. The number of nitrogens with zero attached hydrogens (tertiary/aromatic N) is 5. The summed E-state index contributed by atoms with van der Waals surface area (Å²) in [5.74, 6) is 0.524. The van der Waals surface area contributed by atoms with Crippen LogP contribution in [0.15, 0.2) is 36.9 Å². The summed E-state index contributed by atoms with van der Waals surface area (Å²) in [4.78, 5) is 29.4. The number of nitrogen functional groups attached to an aromatic ring is 1.